The highest BCUT2D eigenvalue weighted by molar-refractivity contribution is 7.09. The van der Waals surface area contributed by atoms with Crippen molar-refractivity contribution in [1.82, 2.24) is 14.9 Å². The van der Waals surface area contributed by atoms with Crippen LogP contribution in [0.4, 0.5) is 0 Å². The minimum atomic E-state index is -0.172. The van der Waals surface area contributed by atoms with Gasteiger partial charge in [0.25, 0.3) is 5.56 Å². The summed E-state index contributed by atoms with van der Waals surface area (Å²) in [5.74, 6) is -0.163. The summed E-state index contributed by atoms with van der Waals surface area (Å²) in [5.41, 5.74) is 0.832. The molecule has 0 aliphatic heterocycles. The summed E-state index contributed by atoms with van der Waals surface area (Å²) in [6.07, 6.45) is 3.26. The second-order valence-electron chi connectivity index (χ2n) is 4.35. The van der Waals surface area contributed by atoms with Crippen LogP contribution in [0.5, 0.6) is 0 Å². The number of carbonyl (C=O) groups excluding carboxylic acids is 1. The Morgan fingerprint density at radius 1 is 1.45 bits per heavy atom. The molecule has 106 valence electrons. The highest BCUT2D eigenvalue weighted by atomic mass is 32.1. The number of hydrogen-bond acceptors (Lipinski definition) is 4. The zero-order valence-electron chi connectivity index (χ0n) is 11.3. The Balaban J connectivity index is 1.78. The summed E-state index contributed by atoms with van der Waals surface area (Å²) < 4.78 is 1.38. The van der Waals surface area contributed by atoms with Crippen LogP contribution < -0.4 is 10.9 Å². The van der Waals surface area contributed by atoms with Gasteiger partial charge in [-0.15, -0.1) is 11.3 Å². The maximum atomic E-state index is 11.7. The van der Waals surface area contributed by atoms with Crippen molar-refractivity contribution in [3.63, 3.8) is 0 Å². The Labute approximate surface area is 121 Å². The molecule has 0 aromatic carbocycles. The molecule has 6 heteroatoms. The lowest BCUT2D eigenvalue weighted by molar-refractivity contribution is -0.121. The molecular formula is C14H17N3O2S. The molecule has 1 N–H and O–H groups in total. The monoisotopic (exact) mass is 291 g/mol. The fraction of sp³-hybridized carbons (Fsp3) is 0.357. The zero-order valence-corrected chi connectivity index (χ0v) is 12.2. The number of rotatable bonds is 6. The van der Waals surface area contributed by atoms with Gasteiger partial charge in [0.15, 0.2) is 0 Å². The maximum Gasteiger partial charge on any atom is 0.250 e. The van der Waals surface area contributed by atoms with E-state index in [9.17, 15) is 9.59 Å². The van der Waals surface area contributed by atoms with E-state index in [4.69, 9.17) is 0 Å². The van der Waals surface area contributed by atoms with Gasteiger partial charge in [-0.25, -0.2) is 4.98 Å². The summed E-state index contributed by atoms with van der Waals surface area (Å²) in [6.45, 7) is 2.66. The molecule has 20 heavy (non-hydrogen) atoms. The van der Waals surface area contributed by atoms with E-state index in [0.717, 1.165) is 17.1 Å². The number of aromatic nitrogens is 2. The SMILES string of the molecule is CCc1nc(CCNC(=O)Cn2ccccc2=O)cs1. The van der Waals surface area contributed by atoms with Crippen LogP contribution in [0.2, 0.25) is 0 Å². The summed E-state index contributed by atoms with van der Waals surface area (Å²) in [5, 5.41) is 5.93. The minimum Gasteiger partial charge on any atom is -0.354 e. The molecule has 0 unspecified atom stereocenters. The third-order valence-corrected chi connectivity index (χ3v) is 3.86. The molecule has 5 nitrogen and oxygen atoms in total. The second kappa shape index (κ2) is 7.00. The van der Waals surface area contributed by atoms with Gasteiger partial charge in [0.1, 0.15) is 6.54 Å². The van der Waals surface area contributed by atoms with E-state index in [-0.39, 0.29) is 18.0 Å². The highest BCUT2D eigenvalue weighted by Crippen LogP contribution is 2.10. The molecule has 1 amide bonds. The van der Waals surface area contributed by atoms with Gasteiger partial charge < -0.3 is 9.88 Å². The molecule has 0 aliphatic carbocycles. The summed E-state index contributed by atoms with van der Waals surface area (Å²) in [6, 6.07) is 4.83. The molecule has 2 aromatic rings. The predicted molar refractivity (Wildman–Crippen MR) is 78.9 cm³/mol. The lowest BCUT2D eigenvalue weighted by Gasteiger charge is -2.06. The van der Waals surface area contributed by atoms with Gasteiger partial charge in [-0.1, -0.05) is 13.0 Å². The van der Waals surface area contributed by atoms with Crippen molar-refractivity contribution < 1.29 is 4.79 Å². The van der Waals surface area contributed by atoms with Crippen LogP contribution in [0.1, 0.15) is 17.6 Å². The number of nitrogens with one attached hydrogen (secondary N) is 1. The number of hydrogen-bond donors (Lipinski definition) is 1. The number of thiazole rings is 1. The third-order valence-electron chi connectivity index (χ3n) is 2.82. The molecule has 0 spiro atoms. The lowest BCUT2D eigenvalue weighted by atomic mass is 10.3. The zero-order chi connectivity index (χ0) is 14.4. The normalized spacial score (nSPS) is 10.4. The number of pyridine rings is 1. The Bertz CT molecular complexity index is 633. The van der Waals surface area contributed by atoms with Gasteiger partial charge in [-0.05, 0) is 12.5 Å². The van der Waals surface area contributed by atoms with Crippen molar-refractivity contribution in [2.75, 3.05) is 6.54 Å². The molecule has 0 atom stereocenters. The van der Waals surface area contributed by atoms with Crippen LogP contribution >= 0.6 is 11.3 Å². The van der Waals surface area contributed by atoms with Gasteiger partial charge in [-0.2, -0.15) is 0 Å². The van der Waals surface area contributed by atoms with Crippen molar-refractivity contribution in [1.29, 1.82) is 0 Å². The quantitative estimate of drug-likeness (QED) is 0.870. The Kier molecular flexibility index (Phi) is 5.06. The van der Waals surface area contributed by atoms with Gasteiger partial charge in [0.05, 0.1) is 10.7 Å². The number of aryl methyl sites for hydroxylation is 1. The topological polar surface area (TPSA) is 64.0 Å². The molecule has 0 fully saturated rings. The van der Waals surface area contributed by atoms with Crippen molar-refractivity contribution >= 4 is 17.2 Å². The van der Waals surface area contributed by atoms with Crippen LogP contribution in [0.25, 0.3) is 0 Å². The van der Waals surface area contributed by atoms with Crippen molar-refractivity contribution in [3.8, 4) is 0 Å². The van der Waals surface area contributed by atoms with Crippen molar-refractivity contribution in [3.05, 3.63) is 50.8 Å². The predicted octanol–water partition coefficient (Wildman–Crippen LogP) is 1.23. The number of nitrogens with zero attached hydrogens (tertiary/aromatic N) is 2. The summed E-state index contributed by atoms with van der Waals surface area (Å²) >= 11 is 1.64. The standard InChI is InChI=1S/C14H17N3O2S/c1-2-13-16-11(10-20-13)6-7-15-12(18)9-17-8-4-3-5-14(17)19/h3-5,8,10H,2,6-7,9H2,1H3,(H,15,18). The van der Waals surface area contributed by atoms with Crippen LogP contribution in [0.3, 0.4) is 0 Å². The first-order chi connectivity index (χ1) is 9.69. The van der Waals surface area contributed by atoms with Gasteiger partial charge >= 0.3 is 0 Å². The molecule has 2 aromatic heterocycles. The van der Waals surface area contributed by atoms with Crippen molar-refractivity contribution in [2.24, 2.45) is 0 Å². The lowest BCUT2D eigenvalue weighted by Crippen LogP contribution is -2.32. The molecule has 2 heterocycles. The van der Waals surface area contributed by atoms with Gasteiger partial charge in [0, 0.05) is 30.6 Å². The Hall–Kier alpha value is -1.95. The van der Waals surface area contributed by atoms with Gasteiger partial charge in [0.2, 0.25) is 5.91 Å². The first kappa shape index (κ1) is 14.5. The van der Waals surface area contributed by atoms with Crippen LogP contribution in [0.15, 0.2) is 34.6 Å². The molecule has 0 saturated heterocycles. The van der Waals surface area contributed by atoms with Crippen LogP contribution in [-0.4, -0.2) is 22.0 Å². The molecule has 2 rings (SSSR count). The van der Waals surface area contributed by atoms with Crippen LogP contribution in [0, 0.1) is 0 Å². The average Bonchev–Trinajstić information content (AvgIpc) is 2.89. The molecule has 0 saturated carbocycles. The van der Waals surface area contributed by atoms with Gasteiger partial charge in [-0.3, -0.25) is 9.59 Å². The van der Waals surface area contributed by atoms with E-state index in [1.54, 1.807) is 29.7 Å². The van der Waals surface area contributed by atoms with E-state index in [1.807, 2.05) is 5.38 Å². The first-order valence-electron chi connectivity index (χ1n) is 6.54. The first-order valence-corrected chi connectivity index (χ1v) is 7.42. The molecule has 0 bridgehead atoms. The maximum absolute atomic E-state index is 11.7. The Morgan fingerprint density at radius 3 is 3.00 bits per heavy atom. The Morgan fingerprint density at radius 2 is 2.30 bits per heavy atom. The number of amides is 1. The van der Waals surface area contributed by atoms with Crippen molar-refractivity contribution in [2.45, 2.75) is 26.3 Å². The summed E-state index contributed by atoms with van der Waals surface area (Å²) in [4.78, 5) is 27.6. The fourth-order valence-electron chi connectivity index (χ4n) is 1.76. The van der Waals surface area contributed by atoms with E-state index < -0.39 is 0 Å². The average molecular weight is 291 g/mol. The second-order valence-corrected chi connectivity index (χ2v) is 5.30. The molecule has 0 aliphatic rings. The number of carbonyl (C=O) groups is 1. The summed E-state index contributed by atoms with van der Waals surface area (Å²) in [7, 11) is 0. The minimum absolute atomic E-state index is 0.0525. The van der Waals surface area contributed by atoms with E-state index in [1.165, 1.54) is 10.6 Å². The molecular weight excluding hydrogens is 274 g/mol. The molecule has 0 radical (unpaired) electrons. The third kappa shape index (κ3) is 4.03. The highest BCUT2D eigenvalue weighted by Gasteiger charge is 2.04. The van der Waals surface area contributed by atoms with E-state index in [0.29, 0.717) is 13.0 Å². The van der Waals surface area contributed by atoms with Crippen LogP contribution in [-0.2, 0) is 24.2 Å². The fourth-order valence-corrected chi connectivity index (χ4v) is 2.54. The van der Waals surface area contributed by atoms with E-state index >= 15 is 0 Å². The largest absolute Gasteiger partial charge is 0.354 e. The van der Waals surface area contributed by atoms with E-state index in [2.05, 4.69) is 17.2 Å². The smallest absolute Gasteiger partial charge is 0.250 e.